The molecule has 1 heterocycles. The average molecular weight is 303 g/mol. The highest BCUT2D eigenvalue weighted by Crippen LogP contribution is 2.37. The second kappa shape index (κ2) is 5.85. The quantitative estimate of drug-likeness (QED) is 0.812. The van der Waals surface area contributed by atoms with Gasteiger partial charge in [-0.05, 0) is 25.3 Å². The van der Waals surface area contributed by atoms with Crippen LogP contribution in [0, 0.1) is 5.92 Å². The van der Waals surface area contributed by atoms with E-state index in [1.54, 1.807) is 0 Å². The van der Waals surface area contributed by atoms with Gasteiger partial charge >= 0.3 is 6.18 Å². The van der Waals surface area contributed by atoms with Crippen LogP contribution in [0.2, 0.25) is 0 Å². The van der Waals surface area contributed by atoms with E-state index in [-0.39, 0.29) is 31.4 Å². The van der Waals surface area contributed by atoms with Crippen LogP contribution >= 0.6 is 12.4 Å². The van der Waals surface area contributed by atoms with Crippen molar-refractivity contribution in [2.24, 2.45) is 5.92 Å². The van der Waals surface area contributed by atoms with Crippen LogP contribution in [0.4, 0.5) is 13.2 Å². The fourth-order valence-corrected chi connectivity index (χ4v) is 2.06. The average Bonchev–Trinajstić information content (AvgIpc) is 2.98. The number of halogens is 4. The van der Waals surface area contributed by atoms with Gasteiger partial charge in [-0.3, -0.25) is 4.79 Å². The molecule has 19 heavy (non-hydrogen) atoms. The van der Waals surface area contributed by atoms with E-state index in [9.17, 15) is 23.1 Å². The van der Waals surface area contributed by atoms with Crippen molar-refractivity contribution < 1.29 is 23.1 Å². The Morgan fingerprint density at radius 3 is 2.53 bits per heavy atom. The molecule has 1 amide bonds. The molecule has 1 saturated heterocycles. The first-order valence-corrected chi connectivity index (χ1v) is 6.09. The largest absolute Gasteiger partial charge is 0.419 e. The van der Waals surface area contributed by atoms with Gasteiger partial charge in [0.2, 0.25) is 5.91 Å². The summed E-state index contributed by atoms with van der Waals surface area (Å²) in [5, 5.41) is 12.4. The first-order chi connectivity index (χ1) is 8.32. The summed E-state index contributed by atoms with van der Waals surface area (Å²) in [5.41, 5.74) is -2.74. The SMILES string of the molecule is Cl.O=C(CNCC1CC1)N1CCC(O)(C(F)(F)F)C1. The van der Waals surface area contributed by atoms with Crippen LogP contribution in [0.5, 0.6) is 0 Å². The second-order valence-corrected chi connectivity index (χ2v) is 5.17. The maximum absolute atomic E-state index is 12.5. The van der Waals surface area contributed by atoms with E-state index >= 15 is 0 Å². The molecule has 0 bridgehead atoms. The molecule has 0 spiro atoms. The lowest BCUT2D eigenvalue weighted by molar-refractivity contribution is -0.253. The lowest BCUT2D eigenvalue weighted by atomic mass is 10.0. The Bertz CT molecular complexity index is 336. The Labute approximate surface area is 115 Å². The fourth-order valence-electron chi connectivity index (χ4n) is 2.06. The van der Waals surface area contributed by atoms with Crippen LogP contribution in [-0.4, -0.2) is 53.9 Å². The molecule has 2 fully saturated rings. The molecule has 2 aliphatic rings. The van der Waals surface area contributed by atoms with Gasteiger partial charge in [0, 0.05) is 13.0 Å². The van der Waals surface area contributed by atoms with E-state index in [1.807, 2.05) is 0 Å². The van der Waals surface area contributed by atoms with E-state index in [4.69, 9.17) is 0 Å². The van der Waals surface area contributed by atoms with Crippen molar-refractivity contribution in [2.75, 3.05) is 26.2 Å². The van der Waals surface area contributed by atoms with Crippen molar-refractivity contribution in [3.05, 3.63) is 0 Å². The Morgan fingerprint density at radius 1 is 1.42 bits per heavy atom. The van der Waals surface area contributed by atoms with Gasteiger partial charge < -0.3 is 15.3 Å². The molecule has 0 aromatic rings. The standard InChI is InChI=1S/C11H17F3N2O2.ClH/c12-11(13,14)10(18)3-4-16(7-10)9(17)6-15-5-8-1-2-8;/h8,15,18H,1-7H2;1H. The number of rotatable bonds is 4. The van der Waals surface area contributed by atoms with Gasteiger partial charge in [0.25, 0.3) is 0 Å². The molecule has 0 aromatic carbocycles. The molecule has 0 radical (unpaired) electrons. The summed E-state index contributed by atoms with van der Waals surface area (Å²) in [6.07, 6.45) is -2.81. The summed E-state index contributed by atoms with van der Waals surface area (Å²) in [6, 6.07) is 0. The monoisotopic (exact) mass is 302 g/mol. The number of hydrogen-bond donors (Lipinski definition) is 2. The minimum absolute atomic E-state index is 0. The van der Waals surface area contributed by atoms with Crippen LogP contribution in [0.25, 0.3) is 0 Å². The smallest absolute Gasteiger partial charge is 0.379 e. The summed E-state index contributed by atoms with van der Waals surface area (Å²) in [5.74, 6) is 0.235. The van der Waals surface area contributed by atoms with Crippen molar-refractivity contribution in [1.82, 2.24) is 10.2 Å². The number of hydrogen-bond acceptors (Lipinski definition) is 3. The van der Waals surface area contributed by atoms with Crippen molar-refractivity contribution in [3.63, 3.8) is 0 Å². The van der Waals surface area contributed by atoms with Crippen LogP contribution in [0.3, 0.4) is 0 Å². The molecule has 2 N–H and O–H groups in total. The number of carbonyl (C=O) groups is 1. The van der Waals surface area contributed by atoms with E-state index in [0.29, 0.717) is 5.92 Å². The molecule has 8 heteroatoms. The molecule has 112 valence electrons. The van der Waals surface area contributed by atoms with Gasteiger partial charge in [0.1, 0.15) is 0 Å². The van der Waals surface area contributed by atoms with Gasteiger partial charge in [-0.2, -0.15) is 13.2 Å². The molecular formula is C11H18ClF3N2O2. The van der Waals surface area contributed by atoms with E-state index in [1.165, 1.54) is 0 Å². The third kappa shape index (κ3) is 3.97. The molecular weight excluding hydrogens is 285 g/mol. The predicted molar refractivity (Wildman–Crippen MR) is 65.0 cm³/mol. The van der Waals surface area contributed by atoms with E-state index in [2.05, 4.69) is 5.32 Å². The summed E-state index contributed by atoms with van der Waals surface area (Å²) >= 11 is 0. The fraction of sp³-hybridized carbons (Fsp3) is 0.909. The third-order valence-electron chi connectivity index (χ3n) is 3.53. The van der Waals surface area contributed by atoms with E-state index in [0.717, 1.165) is 24.3 Å². The predicted octanol–water partition coefficient (Wildman–Crippen LogP) is 0.933. The van der Waals surface area contributed by atoms with Gasteiger partial charge in [-0.1, -0.05) is 0 Å². The van der Waals surface area contributed by atoms with Gasteiger partial charge in [-0.15, -0.1) is 12.4 Å². The summed E-state index contributed by atoms with van der Waals surface area (Å²) in [6.45, 7) is 0.0912. The maximum Gasteiger partial charge on any atom is 0.419 e. The molecule has 1 saturated carbocycles. The lowest BCUT2D eigenvalue weighted by Crippen LogP contribution is -2.48. The van der Waals surface area contributed by atoms with Crippen LogP contribution < -0.4 is 5.32 Å². The van der Waals surface area contributed by atoms with Gasteiger partial charge in [0.15, 0.2) is 5.60 Å². The number of nitrogens with one attached hydrogen (secondary N) is 1. The Balaban J connectivity index is 0.00000180. The first-order valence-electron chi connectivity index (χ1n) is 6.09. The molecule has 1 atom stereocenters. The number of amides is 1. The number of β-amino-alcohol motifs (C(OH)–C–C–N with tert-alkyl or cyclic N) is 1. The van der Waals surface area contributed by atoms with Crippen molar-refractivity contribution >= 4 is 18.3 Å². The molecule has 1 aliphatic heterocycles. The Hall–Kier alpha value is -0.530. The zero-order valence-corrected chi connectivity index (χ0v) is 11.2. The Morgan fingerprint density at radius 2 is 2.05 bits per heavy atom. The van der Waals surface area contributed by atoms with E-state index < -0.39 is 24.7 Å². The minimum Gasteiger partial charge on any atom is -0.379 e. The molecule has 0 aromatic heterocycles. The highest BCUT2D eigenvalue weighted by molar-refractivity contribution is 5.85. The van der Waals surface area contributed by atoms with Crippen LogP contribution in [0.1, 0.15) is 19.3 Å². The summed E-state index contributed by atoms with van der Waals surface area (Å²) in [7, 11) is 0. The topological polar surface area (TPSA) is 52.6 Å². The third-order valence-corrected chi connectivity index (χ3v) is 3.53. The molecule has 1 aliphatic carbocycles. The number of nitrogens with zero attached hydrogens (tertiary/aromatic N) is 1. The van der Waals surface area contributed by atoms with Crippen molar-refractivity contribution in [3.8, 4) is 0 Å². The highest BCUT2D eigenvalue weighted by atomic mass is 35.5. The molecule has 2 rings (SSSR count). The second-order valence-electron chi connectivity index (χ2n) is 5.17. The first kappa shape index (κ1) is 16.5. The highest BCUT2D eigenvalue weighted by Gasteiger charge is 2.57. The van der Waals surface area contributed by atoms with Crippen LogP contribution in [-0.2, 0) is 4.79 Å². The number of carbonyl (C=O) groups excluding carboxylic acids is 1. The number of likely N-dealkylation sites (tertiary alicyclic amines) is 1. The number of aliphatic hydroxyl groups is 1. The molecule has 4 nitrogen and oxygen atoms in total. The minimum atomic E-state index is -4.68. The number of alkyl halides is 3. The summed E-state index contributed by atoms with van der Waals surface area (Å²) < 4.78 is 37.6. The van der Waals surface area contributed by atoms with Gasteiger partial charge in [-0.25, -0.2) is 0 Å². The van der Waals surface area contributed by atoms with Crippen molar-refractivity contribution in [2.45, 2.75) is 31.0 Å². The zero-order chi connectivity index (χ0) is 13.4. The maximum atomic E-state index is 12.5. The summed E-state index contributed by atoms with van der Waals surface area (Å²) in [4.78, 5) is 12.7. The normalized spacial score (nSPS) is 27.3. The lowest BCUT2D eigenvalue weighted by Gasteiger charge is -2.25. The Kier molecular flexibility index (Phi) is 5.08. The van der Waals surface area contributed by atoms with Crippen molar-refractivity contribution in [1.29, 1.82) is 0 Å². The van der Waals surface area contributed by atoms with Gasteiger partial charge in [0.05, 0.1) is 13.1 Å². The van der Waals surface area contributed by atoms with Crippen LogP contribution in [0.15, 0.2) is 0 Å². The molecule has 1 unspecified atom stereocenters. The zero-order valence-electron chi connectivity index (χ0n) is 10.4.